The van der Waals surface area contributed by atoms with Crippen LogP contribution in [0.5, 0.6) is 0 Å². The van der Waals surface area contributed by atoms with Gasteiger partial charge in [-0.1, -0.05) is 167 Å². The molecular weight excluding hydrogens is 757 g/mol. The molecule has 0 spiro atoms. The number of carboxylic acids is 1. The first-order valence-corrected chi connectivity index (χ1v) is 24.9. The summed E-state index contributed by atoms with van der Waals surface area (Å²) in [5.41, 5.74) is 5.34. The Morgan fingerprint density at radius 2 is 0.862 bits per heavy atom. The molecule has 3 atom stereocenters. The Labute approximate surface area is 353 Å². The first-order chi connectivity index (χ1) is 28.1. The zero-order valence-electron chi connectivity index (χ0n) is 36.9. The second-order valence-corrected chi connectivity index (χ2v) is 17.3. The molecule has 0 bridgehead atoms. The molecule has 0 fully saturated rings. The van der Waals surface area contributed by atoms with Gasteiger partial charge in [-0.3, -0.25) is 23.4 Å². The molecule has 4 N–H and O–H groups in total. The fourth-order valence-corrected chi connectivity index (χ4v) is 7.24. The smallest absolute Gasteiger partial charge is 0.472 e. The number of allylic oxidation sites excluding steroid dienone is 4. The number of rotatable bonds is 44. The molecule has 0 aromatic carbocycles. The van der Waals surface area contributed by atoms with Crippen LogP contribution in [0.2, 0.25) is 0 Å². The quantitative estimate of drug-likeness (QED) is 0.0231. The van der Waals surface area contributed by atoms with Crippen molar-refractivity contribution in [2.24, 2.45) is 5.73 Å². The molecule has 340 valence electrons. The van der Waals surface area contributed by atoms with Gasteiger partial charge in [0.15, 0.2) is 6.10 Å². The lowest BCUT2D eigenvalue weighted by atomic mass is 10.1. The second-order valence-electron chi connectivity index (χ2n) is 15.9. The average molecular weight is 844 g/mol. The third-order valence-electron chi connectivity index (χ3n) is 10.2. The number of phosphoric ester groups is 1. The summed E-state index contributed by atoms with van der Waals surface area (Å²) < 4.78 is 32.8. The number of unbranched alkanes of at least 4 members (excludes halogenated alkanes) is 26. The van der Waals surface area contributed by atoms with E-state index in [0.29, 0.717) is 12.8 Å². The fraction of sp³-hybridized carbons (Fsp3) is 0.848. The van der Waals surface area contributed by atoms with Crippen molar-refractivity contribution in [3.8, 4) is 0 Å². The topological polar surface area (TPSA) is 172 Å². The van der Waals surface area contributed by atoms with E-state index in [1.54, 1.807) is 0 Å². The molecule has 0 aliphatic heterocycles. The van der Waals surface area contributed by atoms with Gasteiger partial charge in [-0.15, -0.1) is 0 Å². The number of carbonyl (C=O) groups is 3. The maximum absolute atomic E-state index is 12.6. The van der Waals surface area contributed by atoms with Crippen molar-refractivity contribution < 1.29 is 47.5 Å². The van der Waals surface area contributed by atoms with Crippen molar-refractivity contribution in [1.82, 2.24) is 0 Å². The van der Waals surface area contributed by atoms with Crippen LogP contribution in [-0.4, -0.2) is 59.9 Å². The highest BCUT2D eigenvalue weighted by Crippen LogP contribution is 2.43. The van der Waals surface area contributed by atoms with Crippen molar-refractivity contribution in [2.75, 3.05) is 19.8 Å². The van der Waals surface area contributed by atoms with E-state index < -0.39 is 51.1 Å². The van der Waals surface area contributed by atoms with Gasteiger partial charge in [-0.25, -0.2) is 4.57 Å². The van der Waals surface area contributed by atoms with E-state index in [9.17, 15) is 23.8 Å². The first kappa shape index (κ1) is 56.0. The minimum atomic E-state index is -4.72. The molecule has 0 saturated carbocycles. The highest BCUT2D eigenvalue weighted by molar-refractivity contribution is 7.47. The SMILES string of the molecule is CCCCCC/C=C/CCCCCCCCCCCC(=O)OC[C@H](COP(=O)(O)OC[C@H](N)C(=O)O)OC(=O)CCCCCCCCCCC/C=C/CCCCCC. The Kier molecular flexibility index (Phi) is 40.2. The van der Waals surface area contributed by atoms with Crippen LogP contribution in [0.15, 0.2) is 24.3 Å². The van der Waals surface area contributed by atoms with E-state index in [2.05, 4.69) is 42.7 Å². The molecule has 0 heterocycles. The second kappa shape index (κ2) is 41.7. The molecule has 58 heavy (non-hydrogen) atoms. The van der Waals surface area contributed by atoms with Crippen molar-refractivity contribution in [3.05, 3.63) is 24.3 Å². The Morgan fingerprint density at radius 3 is 1.26 bits per heavy atom. The number of phosphoric acid groups is 1. The molecular formula is C46H86NO10P. The Morgan fingerprint density at radius 1 is 0.517 bits per heavy atom. The predicted octanol–water partition coefficient (Wildman–Crippen LogP) is 12.6. The molecule has 11 nitrogen and oxygen atoms in total. The van der Waals surface area contributed by atoms with Crippen molar-refractivity contribution >= 4 is 25.7 Å². The molecule has 0 aromatic heterocycles. The summed E-state index contributed by atoms with van der Waals surface area (Å²) in [5.74, 6) is -2.37. The third-order valence-corrected chi connectivity index (χ3v) is 11.1. The minimum absolute atomic E-state index is 0.161. The minimum Gasteiger partial charge on any atom is -0.480 e. The summed E-state index contributed by atoms with van der Waals surface area (Å²) in [6, 6.07) is -1.52. The van der Waals surface area contributed by atoms with Gasteiger partial charge in [0.2, 0.25) is 0 Å². The first-order valence-electron chi connectivity index (χ1n) is 23.4. The lowest BCUT2D eigenvalue weighted by molar-refractivity contribution is -0.161. The molecule has 0 saturated heterocycles. The van der Waals surface area contributed by atoms with E-state index >= 15 is 0 Å². The standard InChI is InChI=1S/C46H86NO10P/c1-3-5-7-9-11-13-15-17-19-21-23-25-27-29-31-33-35-37-44(48)54-39-42(40-55-58(52,53)56-41-43(47)46(50)51)57-45(49)38-36-34-32-30-28-26-24-22-20-18-16-14-12-10-8-6-4-2/h13-16,42-43H,3-12,17-41,47H2,1-2H3,(H,50,51)(H,52,53)/b15-13+,16-14+/t42-,43+/m1/s1. The molecule has 0 aliphatic carbocycles. The number of ether oxygens (including phenoxy) is 2. The van der Waals surface area contributed by atoms with Crippen LogP contribution in [0.25, 0.3) is 0 Å². The molecule has 0 amide bonds. The summed E-state index contributed by atoms with van der Waals surface area (Å²) >= 11 is 0. The van der Waals surface area contributed by atoms with Gasteiger partial charge in [0.25, 0.3) is 0 Å². The lowest BCUT2D eigenvalue weighted by Gasteiger charge is -2.20. The zero-order valence-corrected chi connectivity index (χ0v) is 37.8. The highest BCUT2D eigenvalue weighted by Gasteiger charge is 2.28. The van der Waals surface area contributed by atoms with Crippen molar-refractivity contribution in [3.63, 3.8) is 0 Å². The zero-order chi connectivity index (χ0) is 42.8. The number of hydrogen-bond donors (Lipinski definition) is 3. The number of nitrogens with two attached hydrogens (primary N) is 1. The predicted molar refractivity (Wildman–Crippen MR) is 236 cm³/mol. The Bertz CT molecular complexity index is 1080. The third kappa shape index (κ3) is 40.7. The van der Waals surface area contributed by atoms with Crippen LogP contribution < -0.4 is 5.73 Å². The average Bonchev–Trinajstić information content (AvgIpc) is 3.20. The normalized spacial score (nSPS) is 13.9. The van der Waals surface area contributed by atoms with Crippen LogP contribution in [0.3, 0.4) is 0 Å². The summed E-state index contributed by atoms with van der Waals surface area (Å²) in [6.45, 7) is 2.80. The van der Waals surface area contributed by atoms with Crippen molar-refractivity contribution in [1.29, 1.82) is 0 Å². The van der Waals surface area contributed by atoms with Crippen LogP contribution in [0.1, 0.15) is 219 Å². The number of carbonyl (C=O) groups excluding carboxylic acids is 2. The number of carboxylic acid groups (broad SMARTS) is 1. The van der Waals surface area contributed by atoms with Crippen LogP contribution in [0.4, 0.5) is 0 Å². The van der Waals surface area contributed by atoms with Gasteiger partial charge < -0.3 is 25.2 Å². The van der Waals surface area contributed by atoms with E-state index in [1.807, 2.05) is 0 Å². The van der Waals surface area contributed by atoms with Gasteiger partial charge >= 0.3 is 25.7 Å². The molecule has 0 aromatic rings. The van der Waals surface area contributed by atoms with E-state index in [-0.39, 0.29) is 19.4 Å². The summed E-state index contributed by atoms with van der Waals surface area (Å²) in [4.78, 5) is 46.0. The molecule has 1 unspecified atom stereocenters. The van der Waals surface area contributed by atoms with Gasteiger partial charge in [0.05, 0.1) is 13.2 Å². The highest BCUT2D eigenvalue weighted by atomic mass is 31.2. The molecule has 0 aliphatic rings. The van der Waals surface area contributed by atoms with Gasteiger partial charge in [0.1, 0.15) is 12.6 Å². The van der Waals surface area contributed by atoms with Crippen LogP contribution in [-0.2, 0) is 37.5 Å². The van der Waals surface area contributed by atoms with E-state index in [1.165, 1.54) is 141 Å². The number of esters is 2. The van der Waals surface area contributed by atoms with Crippen molar-refractivity contribution in [2.45, 2.75) is 231 Å². The number of hydrogen-bond acceptors (Lipinski definition) is 9. The van der Waals surface area contributed by atoms with Gasteiger partial charge in [-0.05, 0) is 64.2 Å². The van der Waals surface area contributed by atoms with Crippen LogP contribution >= 0.6 is 7.82 Å². The van der Waals surface area contributed by atoms with Gasteiger partial charge in [0, 0.05) is 12.8 Å². The monoisotopic (exact) mass is 844 g/mol. The lowest BCUT2D eigenvalue weighted by Crippen LogP contribution is -2.34. The van der Waals surface area contributed by atoms with Gasteiger partial charge in [-0.2, -0.15) is 0 Å². The summed E-state index contributed by atoms with van der Waals surface area (Å²) in [7, 11) is -4.72. The summed E-state index contributed by atoms with van der Waals surface area (Å²) in [5, 5.41) is 8.90. The number of aliphatic carboxylic acids is 1. The van der Waals surface area contributed by atoms with E-state index in [4.69, 9.17) is 24.8 Å². The Balaban J connectivity index is 4.30. The maximum atomic E-state index is 12.6. The van der Waals surface area contributed by atoms with E-state index in [0.717, 1.165) is 38.5 Å². The maximum Gasteiger partial charge on any atom is 0.472 e. The molecule has 12 heteroatoms. The molecule has 0 radical (unpaired) electrons. The summed E-state index contributed by atoms with van der Waals surface area (Å²) in [6.07, 6.45) is 43.7. The largest absolute Gasteiger partial charge is 0.480 e. The Hall–Kier alpha value is -2.04. The molecule has 0 rings (SSSR count). The van der Waals surface area contributed by atoms with Crippen LogP contribution in [0, 0.1) is 0 Å². The fourth-order valence-electron chi connectivity index (χ4n) is 6.47.